The topological polar surface area (TPSA) is 87.7 Å². The molecular formula is C19H22N2O4. The van der Waals surface area contributed by atoms with Gasteiger partial charge in [-0.25, -0.2) is 0 Å². The summed E-state index contributed by atoms with van der Waals surface area (Å²) >= 11 is 0. The molecule has 0 aliphatic carbocycles. The Balaban J connectivity index is 1.99. The summed E-state index contributed by atoms with van der Waals surface area (Å²) in [6.45, 7) is 3.35. The second-order valence-corrected chi connectivity index (χ2v) is 5.98. The fraction of sp³-hybridized carbons (Fsp3) is 0.263. The number of anilines is 1. The summed E-state index contributed by atoms with van der Waals surface area (Å²) in [4.78, 5) is 24.1. The van der Waals surface area contributed by atoms with Crippen molar-refractivity contribution in [3.05, 3.63) is 59.7 Å². The number of hydrogen-bond acceptors (Lipinski definition) is 4. The molecule has 132 valence electrons. The molecule has 2 aromatic rings. The molecule has 0 aromatic heterocycles. The number of amides is 2. The number of nitrogens with one attached hydrogen (secondary N) is 2. The lowest BCUT2D eigenvalue weighted by Crippen LogP contribution is -2.43. The first-order valence-corrected chi connectivity index (χ1v) is 7.85. The van der Waals surface area contributed by atoms with Gasteiger partial charge in [0.25, 0.3) is 0 Å². The van der Waals surface area contributed by atoms with Crippen molar-refractivity contribution in [3.8, 4) is 5.75 Å². The Labute approximate surface area is 146 Å². The maximum absolute atomic E-state index is 12.1. The Morgan fingerprint density at radius 3 is 2.44 bits per heavy atom. The van der Waals surface area contributed by atoms with E-state index < -0.39 is 17.4 Å². The molecule has 3 N–H and O–H groups in total. The molecule has 0 saturated heterocycles. The standard InChI is InChI=1S/C19H22N2O4/c1-13-9-10-16(25-3)15(11-13)21-18(23)17(22)20-12-19(2,24)14-7-5-4-6-8-14/h4-11,24H,12H2,1-3H3,(H,20,22)(H,21,23). The largest absolute Gasteiger partial charge is 0.495 e. The lowest BCUT2D eigenvalue weighted by molar-refractivity contribution is -0.136. The van der Waals surface area contributed by atoms with E-state index in [1.54, 1.807) is 43.3 Å². The lowest BCUT2D eigenvalue weighted by atomic mass is 9.96. The molecule has 0 saturated carbocycles. The average molecular weight is 342 g/mol. The van der Waals surface area contributed by atoms with Gasteiger partial charge in [0.1, 0.15) is 11.4 Å². The molecule has 0 heterocycles. The highest BCUT2D eigenvalue weighted by Crippen LogP contribution is 2.25. The average Bonchev–Trinajstić information content (AvgIpc) is 2.60. The van der Waals surface area contributed by atoms with Crippen LogP contribution in [0.2, 0.25) is 0 Å². The van der Waals surface area contributed by atoms with Crippen LogP contribution in [0.5, 0.6) is 5.75 Å². The van der Waals surface area contributed by atoms with Crippen LogP contribution in [0.1, 0.15) is 18.1 Å². The minimum Gasteiger partial charge on any atom is -0.495 e. The number of benzene rings is 2. The van der Waals surface area contributed by atoms with Crippen LogP contribution in [0.3, 0.4) is 0 Å². The summed E-state index contributed by atoms with van der Waals surface area (Å²) < 4.78 is 5.17. The van der Waals surface area contributed by atoms with Gasteiger partial charge in [-0.05, 0) is 37.1 Å². The van der Waals surface area contributed by atoms with E-state index in [4.69, 9.17) is 4.74 Å². The van der Waals surface area contributed by atoms with Gasteiger partial charge >= 0.3 is 11.8 Å². The summed E-state index contributed by atoms with van der Waals surface area (Å²) in [6.07, 6.45) is 0. The van der Waals surface area contributed by atoms with Crippen molar-refractivity contribution < 1.29 is 19.4 Å². The predicted octanol–water partition coefficient (Wildman–Crippen LogP) is 1.97. The third-order valence-corrected chi connectivity index (χ3v) is 3.80. The maximum atomic E-state index is 12.1. The normalized spacial score (nSPS) is 12.8. The highest BCUT2D eigenvalue weighted by atomic mass is 16.5. The molecule has 2 rings (SSSR count). The fourth-order valence-electron chi connectivity index (χ4n) is 2.33. The van der Waals surface area contributed by atoms with Crippen LogP contribution in [0, 0.1) is 6.92 Å². The highest BCUT2D eigenvalue weighted by molar-refractivity contribution is 6.39. The van der Waals surface area contributed by atoms with E-state index in [1.807, 2.05) is 19.1 Å². The highest BCUT2D eigenvalue weighted by Gasteiger charge is 2.25. The van der Waals surface area contributed by atoms with E-state index in [2.05, 4.69) is 10.6 Å². The zero-order valence-electron chi connectivity index (χ0n) is 14.5. The van der Waals surface area contributed by atoms with Crippen molar-refractivity contribution >= 4 is 17.5 Å². The first-order valence-electron chi connectivity index (χ1n) is 7.85. The Hall–Kier alpha value is -2.86. The molecule has 0 radical (unpaired) electrons. The molecule has 0 bridgehead atoms. The van der Waals surface area contributed by atoms with Crippen molar-refractivity contribution in [2.45, 2.75) is 19.4 Å². The second-order valence-electron chi connectivity index (χ2n) is 5.98. The van der Waals surface area contributed by atoms with Gasteiger partial charge in [0.15, 0.2) is 0 Å². The zero-order chi connectivity index (χ0) is 18.4. The van der Waals surface area contributed by atoms with Crippen molar-refractivity contribution in [1.82, 2.24) is 5.32 Å². The molecule has 2 amide bonds. The Morgan fingerprint density at radius 1 is 1.12 bits per heavy atom. The summed E-state index contributed by atoms with van der Waals surface area (Å²) in [5.74, 6) is -1.20. The molecule has 6 heteroatoms. The van der Waals surface area contributed by atoms with Crippen LogP contribution in [0.4, 0.5) is 5.69 Å². The Bertz CT molecular complexity index is 757. The minimum atomic E-state index is -1.28. The zero-order valence-corrected chi connectivity index (χ0v) is 14.5. The number of carbonyl (C=O) groups excluding carboxylic acids is 2. The monoisotopic (exact) mass is 342 g/mol. The molecule has 2 aromatic carbocycles. The number of carbonyl (C=O) groups is 2. The molecule has 25 heavy (non-hydrogen) atoms. The Kier molecular flexibility index (Phi) is 5.77. The van der Waals surface area contributed by atoms with Gasteiger partial charge in [0, 0.05) is 0 Å². The number of rotatable bonds is 5. The lowest BCUT2D eigenvalue weighted by Gasteiger charge is -2.24. The third kappa shape index (κ3) is 4.81. The van der Waals surface area contributed by atoms with Crippen molar-refractivity contribution in [1.29, 1.82) is 0 Å². The van der Waals surface area contributed by atoms with Gasteiger partial charge in [0.05, 0.1) is 19.3 Å². The second kappa shape index (κ2) is 7.81. The van der Waals surface area contributed by atoms with Crippen molar-refractivity contribution in [2.75, 3.05) is 19.0 Å². The Morgan fingerprint density at radius 2 is 1.80 bits per heavy atom. The van der Waals surface area contributed by atoms with Crippen molar-refractivity contribution in [3.63, 3.8) is 0 Å². The van der Waals surface area contributed by atoms with Crippen LogP contribution in [0.15, 0.2) is 48.5 Å². The first-order chi connectivity index (χ1) is 11.8. The number of methoxy groups -OCH3 is 1. The van der Waals surface area contributed by atoms with Gasteiger partial charge in [-0.3, -0.25) is 9.59 Å². The van der Waals surface area contributed by atoms with Crippen LogP contribution in [0.25, 0.3) is 0 Å². The quantitative estimate of drug-likeness (QED) is 0.725. The maximum Gasteiger partial charge on any atom is 0.313 e. The molecule has 6 nitrogen and oxygen atoms in total. The molecule has 1 atom stereocenters. The van der Waals surface area contributed by atoms with Crippen LogP contribution in [-0.2, 0) is 15.2 Å². The van der Waals surface area contributed by atoms with E-state index in [-0.39, 0.29) is 6.54 Å². The third-order valence-electron chi connectivity index (χ3n) is 3.80. The summed E-state index contributed by atoms with van der Waals surface area (Å²) in [7, 11) is 1.48. The van der Waals surface area contributed by atoms with Crippen LogP contribution < -0.4 is 15.4 Å². The van der Waals surface area contributed by atoms with Gasteiger partial charge in [0.2, 0.25) is 0 Å². The molecule has 0 aliphatic heterocycles. The number of hydrogen-bond donors (Lipinski definition) is 3. The molecule has 1 unspecified atom stereocenters. The predicted molar refractivity (Wildman–Crippen MR) is 95.4 cm³/mol. The number of aliphatic hydroxyl groups is 1. The van der Waals surface area contributed by atoms with Crippen LogP contribution >= 0.6 is 0 Å². The number of aryl methyl sites for hydroxylation is 1. The van der Waals surface area contributed by atoms with Gasteiger partial charge in [-0.2, -0.15) is 0 Å². The summed E-state index contributed by atoms with van der Waals surface area (Å²) in [5, 5.41) is 15.4. The van der Waals surface area contributed by atoms with Gasteiger partial charge < -0.3 is 20.5 Å². The minimum absolute atomic E-state index is 0.0891. The fourth-order valence-corrected chi connectivity index (χ4v) is 2.33. The van der Waals surface area contributed by atoms with Crippen molar-refractivity contribution in [2.24, 2.45) is 0 Å². The molecule has 0 aliphatic rings. The summed E-state index contributed by atoms with van der Waals surface area (Å²) in [6, 6.07) is 14.2. The van der Waals surface area contributed by atoms with E-state index in [9.17, 15) is 14.7 Å². The van der Waals surface area contributed by atoms with E-state index in [1.165, 1.54) is 7.11 Å². The molecule has 0 fully saturated rings. The van der Waals surface area contributed by atoms with E-state index in [0.29, 0.717) is 17.0 Å². The first kappa shape index (κ1) is 18.5. The van der Waals surface area contributed by atoms with Crippen LogP contribution in [-0.4, -0.2) is 30.6 Å². The molecular weight excluding hydrogens is 320 g/mol. The molecule has 0 spiro atoms. The smallest absolute Gasteiger partial charge is 0.313 e. The van der Waals surface area contributed by atoms with Gasteiger partial charge in [-0.1, -0.05) is 36.4 Å². The number of ether oxygens (including phenoxy) is 1. The summed E-state index contributed by atoms with van der Waals surface area (Å²) in [5.41, 5.74) is 0.704. The SMILES string of the molecule is COc1ccc(C)cc1NC(=O)C(=O)NCC(C)(O)c1ccccc1. The van der Waals surface area contributed by atoms with E-state index >= 15 is 0 Å². The van der Waals surface area contributed by atoms with E-state index in [0.717, 1.165) is 5.56 Å². The van der Waals surface area contributed by atoms with Gasteiger partial charge in [-0.15, -0.1) is 0 Å².